The number of allylic oxidation sites excluding steroid dienone is 1. The van der Waals surface area contributed by atoms with Crippen molar-refractivity contribution < 1.29 is 4.79 Å². The summed E-state index contributed by atoms with van der Waals surface area (Å²) in [6.07, 6.45) is 4.54. The van der Waals surface area contributed by atoms with E-state index in [9.17, 15) is 4.79 Å². The first-order chi connectivity index (χ1) is 10.8. The highest BCUT2D eigenvalue weighted by Gasteiger charge is 2.48. The molecule has 1 heterocycles. The van der Waals surface area contributed by atoms with E-state index in [1.807, 2.05) is 6.07 Å². The highest BCUT2D eigenvalue weighted by molar-refractivity contribution is 5.93. The number of piperidine rings is 1. The minimum absolute atomic E-state index is 0.144. The van der Waals surface area contributed by atoms with Crippen LogP contribution in [0.3, 0.4) is 0 Å². The number of hydrogen-bond donors (Lipinski definition) is 1. The van der Waals surface area contributed by atoms with Crippen LogP contribution in [0, 0.1) is 5.92 Å². The van der Waals surface area contributed by atoms with Crippen LogP contribution in [-0.2, 0) is 11.8 Å². The number of rotatable bonds is 3. The van der Waals surface area contributed by atoms with E-state index in [4.69, 9.17) is 5.73 Å². The quantitative estimate of drug-likeness (QED) is 0.871. The molecular formula is C20H28N2O. The van der Waals surface area contributed by atoms with E-state index in [0.29, 0.717) is 17.5 Å². The zero-order valence-electron chi connectivity index (χ0n) is 14.7. The van der Waals surface area contributed by atoms with Crippen molar-refractivity contribution in [2.24, 2.45) is 11.7 Å². The van der Waals surface area contributed by atoms with E-state index in [1.54, 1.807) is 0 Å². The molecule has 2 bridgehead atoms. The summed E-state index contributed by atoms with van der Waals surface area (Å²) >= 11 is 0. The molecule has 2 aliphatic rings. The second-order valence-corrected chi connectivity index (χ2v) is 7.74. The summed E-state index contributed by atoms with van der Waals surface area (Å²) in [5.74, 6) is 0.254. The molecule has 0 unspecified atom stereocenters. The monoisotopic (exact) mass is 312 g/mol. The van der Waals surface area contributed by atoms with Crippen molar-refractivity contribution in [2.45, 2.75) is 52.0 Å². The lowest BCUT2D eigenvalue weighted by atomic mass is 9.59. The molecule has 124 valence electrons. The topological polar surface area (TPSA) is 46.3 Å². The molecule has 0 aromatic heterocycles. The fraction of sp³-hybridized carbons (Fsp3) is 0.550. The van der Waals surface area contributed by atoms with Crippen LogP contribution in [0.2, 0.25) is 0 Å². The van der Waals surface area contributed by atoms with Gasteiger partial charge in [-0.25, -0.2) is 0 Å². The lowest BCUT2D eigenvalue weighted by Gasteiger charge is -2.54. The Bertz CT molecular complexity index is 660. The standard InChI is InChI=1S/C20H28N2O/c1-13(2)7-9-22-10-8-20(4)14(3)18(22)12-15-5-6-16(19(21)23)11-17(15)20/h5-7,11,14,18H,8-10,12H2,1-4H3,(H2,21,23)/t14-,18+,20-/m0/s1. The van der Waals surface area contributed by atoms with Crippen molar-refractivity contribution in [2.75, 3.05) is 13.1 Å². The minimum atomic E-state index is -0.327. The third kappa shape index (κ3) is 2.72. The maximum absolute atomic E-state index is 11.6. The molecule has 1 aliphatic heterocycles. The molecule has 0 saturated carbocycles. The van der Waals surface area contributed by atoms with E-state index in [0.717, 1.165) is 25.9 Å². The van der Waals surface area contributed by atoms with Gasteiger partial charge < -0.3 is 5.73 Å². The minimum Gasteiger partial charge on any atom is -0.366 e. The van der Waals surface area contributed by atoms with E-state index in [2.05, 4.69) is 50.8 Å². The van der Waals surface area contributed by atoms with Crippen molar-refractivity contribution in [3.05, 3.63) is 46.5 Å². The summed E-state index contributed by atoms with van der Waals surface area (Å²) in [4.78, 5) is 14.2. The van der Waals surface area contributed by atoms with Gasteiger partial charge in [0.1, 0.15) is 0 Å². The number of benzene rings is 1. The Balaban J connectivity index is 1.98. The van der Waals surface area contributed by atoms with Crippen molar-refractivity contribution in [1.29, 1.82) is 0 Å². The number of nitrogens with two attached hydrogens (primary N) is 1. The van der Waals surface area contributed by atoms with Crippen molar-refractivity contribution in [3.8, 4) is 0 Å². The highest BCUT2D eigenvalue weighted by Crippen LogP contribution is 2.48. The van der Waals surface area contributed by atoms with E-state index >= 15 is 0 Å². The maximum Gasteiger partial charge on any atom is 0.248 e. The second kappa shape index (κ2) is 5.79. The van der Waals surface area contributed by atoms with Crippen LogP contribution < -0.4 is 5.73 Å². The number of carbonyl (C=O) groups excluding carboxylic acids is 1. The van der Waals surface area contributed by atoms with Gasteiger partial charge in [0.25, 0.3) is 0 Å². The molecular weight excluding hydrogens is 284 g/mol. The lowest BCUT2D eigenvalue weighted by molar-refractivity contribution is 0.0397. The Morgan fingerprint density at radius 1 is 1.43 bits per heavy atom. The molecule has 1 saturated heterocycles. The van der Waals surface area contributed by atoms with Crippen LogP contribution in [0.1, 0.15) is 55.6 Å². The Labute approximate surface area is 139 Å². The van der Waals surface area contributed by atoms with Crippen LogP contribution in [0.5, 0.6) is 0 Å². The molecule has 2 N–H and O–H groups in total. The van der Waals surface area contributed by atoms with Crippen LogP contribution in [0.4, 0.5) is 0 Å². The molecule has 1 amide bonds. The first-order valence-electron chi connectivity index (χ1n) is 8.63. The van der Waals surface area contributed by atoms with E-state index in [1.165, 1.54) is 16.7 Å². The summed E-state index contributed by atoms with van der Waals surface area (Å²) in [5, 5.41) is 0. The van der Waals surface area contributed by atoms with Crippen molar-refractivity contribution in [1.82, 2.24) is 4.90 Å². The zero-order valence-corrected chi connectivity index (χ0v) is 14.7. The Kier molecular flexibility index (Phi) is 4.09. The van der Waals surface area contributed by atoms with Crippen LogP contribution in [0.25, 0.3) is 0 Å². The number of nitrogens with zero attached hydrogens (tertiary/aromatic N) is 1. The number of carbonyl (C=O) groups is 1. The summed E-state index contributed by atoms with van der Waals surface area (Å²) in [7, 11) is 0. The maximum atomic E-state index is 11.6. The number of primary amides is 1. The second-order valence-electron chi connectivity index (χ2n) is 7.74. The lowest BCUT2D eigenvalue weighted by Crippen LogP contribution is -2.57. The van der Waals surface area contributed by atoms with Gasteiger partial charge in [-0.1, -0.05) is 31.6 Å². The van der Waals surface area contributed by atoms with Crippen LogP contribution in [-0.4, -0.2) is 29.9 Å². The Morgan fingerprint density at radius 2 is 2.17 bits per heavy atom. The summed E-state index contributed by atoms with van der Waals surface area (Å²) < 4.78 is 0. The number of hydrogen-bond acceptors (Lipinski definition) is 2. The molecule has 0 spiro atoms. The third-order valence-corrected chi connectivity index (χ3v) is 6.14. The van der Waals surface area contributed by atoms with Gasteiger partial charge in [0.15, 0.2) is 0 Å². The number of likely N-dealkylation sites (tertiary alicyclic amines) is 1. The molecule has 23 heavy (non-hydrogen) atoms. The fourth-order valence-electron chi connectivity index (χ4n) is 4.39. The Morgan fingerprint density at radius 3 is 2.83 bits per heavy atom. The van der Waals surface area contributed by atoms with Gasteiger partial charge in [0.2, 0.25) is 5.91 Å². The first-order valence-corrected chi connectivity index (χ1v) is 8.63. The first kappa shape index (κ1) is 16.3. The average Bonchev–Trinajstić information content (AvgIpc) is 2.49. The van der Waals surface area contributed by atoms with Gasteiger partial charge >= 0.3 is 0 Å². The fourth-order valence-corrected chi connectivity index (χ4v) is 4.39. The predicted octanol–water partition coefficient (Wildman–Crippen LogP) is 3.28. The Hall–Kier alpha value is -1.61. The van der Waals surface area contributed by atoms with Gasteiger partial charge in [0.05, 0.1) is 0 Å². The van der Waals surface area contributed by atoms with Gasteiger partial charge in [-0.15, -0.1) is 0 Å². The van der Waals surface area contributed by atoms with Crippen molar-refractivity contribution in [3.63, 3.8) is 0 Å². The summed E-state index contributed by atoms with van der Waals surface area (Å²) in [6.45, 7) is 11.2. The molecule has 1 fully saturated rings. The molecule has 3 atom stereocenters. The molecule has 1 aliphatic carbocycles. The predicted molar refractivity (Wildman–Crippen MR) is 94.6 cm³/mol. The van der Waals surface area contributed by atoms with Gasteiger partial charge in [-0.3, -0.25) is 9.69 Å². The van der Waals surface area contributed by atoms with Crippen molar-refractivity contribution >= 4 is 5.91 Å². The largest absolute Gasteiger partial charge is 0.366 e. The van der Waals surface area contributed by atoms with Gasteiger partial charge in [0, 0.05) is 18.2 Å². The number of amides is 1. The van der Waals surface area contributed by atoms with Gasteiger partial charge in [-0.05, 0) is 67.8 Å². The number of fused-ring (bicyclic) bond motifs is 4. The molecule has 1 aromatic carbocycles. The van der Waals surface area contributed by atoms with Crippen LogP contribution in [0.15, 0.2) is 29.8 Å². The molecule has 3 rings (SSSR count). The molecule has 0 radical (unpaired) electrons. The zero-order chi connectivity index (χ0) is 16.8. The summed E-state index contributed by atoms with van der Waals surface area (Å²) in [5.41, 5.74) is 10.4. The van der Waals surface area contributed by atoms with Crippen LogP contribution >= 0.6 is 0 Å². The molecule has 3 nitrogen and oxygen atoms in total. The normalized spacial score (nSPS) is 29.7. The smallest absolute Gasteiger partial charge is 0.248 e. The van der Waals surface area contributed by atoms with Gasteiger partial charge in [-0.2, -0.15) is 0 Å². The third-order valence-electron chi connectivity index (χ3n) is 6.14. The average molecular weight is 312 g/mol. The molecule has 1 aromatic rings. The SMILES string of the molecule is CC(C)=CCN1CC[C@]2(C)c3cc(C(N)=O)ccc3C[C@@H]1[C@@H]2C. The molecule has 3 heteroatoms. The van der Waals surface area contributed by atoms with E-state index < -0.39 is 0 Å². The highest BCUT2D eigenvalue weighted by atomic mass is 16.1. The van der Waals surface area contributed by atoms with E-state index in [-0.39, 0.29) is 11.3 Å². The summed E-state index contributed by atoms with van der Waals surface area (Å²) in [6, 6.07) is 6.64.